The Kier molecular flexibility index (Phi) is 7.53. The van der Waals surface area contributed by atoms with Crippen molar-refractivity contribution in [1.82, 2.24) is 20.0 Å². The molecule has 0 radical (unpaired) electrons. The average molecular weight is 508 g/mol. The average Bonchev–Trinajstić information content (AvgIpc) is 3.46. The number of fused-ring (bicyclic) bond motifs is 1. The number of aromatic nitrogens is 4. The molecule has 5 atom stereocenters. The zero-order valence-corrected chi connectivity index (χ0v) is 19.5. The number of ether oxygens (including phenoxy) is 3. The molecule has 4 rings (SSSR count). The van der Waals surface area contributed by atoms with Crippen LogP contribution in [0.25, 0.3) is 11.2 Å². The van der Waals surface area contributed by atoms with Crippen LogP contribution in [0.1, 0.15) is 31.9 Å². The third kappa shape index (κ3) is 5.31. The third-order valence-electron chi connectivity index (χ3n) is 5.83. The number of anilines is 1. The lowest BCUT2D eigenvalue weighted by Crippen LogP contribution is -2.35. The molecule has 184 valence electrons. The van der Waals surface area contributed by atoms with Crippen molar-refractivity contribution < 1.29 is 38.8 Å². The first-order valence-electron chi connectivity index (χ1n) is 10.5. The minimum absolute atomic E-state index is 0.198. The van der Waals surface area contributed by atoms with Crippen LogP contribution in [-0.2, 0) is 18.8 Å². The SMILES string of the molecule is COC[C@H](OC[C@H]1O[C@@H](n2nnc3c(NC4CCCC4)cc(Cl)nc32)[C@H](O)[C@@H]1O)P(=O)(O)O. The van der Waals surface area contributed by atoms with Crippen molar-refractivity contribution in [1.29, 1.82) is 0 Å². The van der Waals surface area contributed by atoms with Crippen LogP contribution in [0, 0.1) is 0 Å². The molecule has 1 saturated carbocycles. The van der Waals surface area contributed by atoms with E-state index in [0.29, 0.717) is 17.2 Å². The van der Waals surface area contributed by atoms with Gasteiger partial charge in [-0.1, -0.05) is 29.7 Å². The van der Waals surface area contributed by atoms with E-state index in [1.807, 2.05) is 0 Å². The van der Waals surface area contributed by atoms with Crippen LogP contribution >= 0.6 is 19.2 Å². The number of rotatable bonds is 9. The molecule has 0 unspecified atom stereocenters. The molecule has 2 aromatic rings. The van der Waals surface area contributed by atoms with Crippen LogP contribution in [0.5, 0.6) is 0 Å². The second kappa shape index (κ2) is 10.1. The second-order valence-corrected chi connectivity index (χ2v) is 10.3. The Balaban J connectivity index is 1.53. The van der Waals surface area contributed by atoms with Crippen molar-refractivity contribution in [3.05, 3.63) is 11.2 Å². The number of hydrogen-bond donors (Lipinski definition) is 5. The van der Waals surface area contributed by atoms with E-state index >= 15 is 0 Å². The highest BCUT2D eigenvalue weighted by molar-refractivity contribution is 7.52. The number of nitrogens with one attached hydrogen (secondary N) is 1. The Bertz CT molecular complexity index is 1020. The number of aliphatic hydroxyl groups excluding tert-OH is 2. The van der Waals surface area contributed by atoms with Crippen LogP contribution < -0.4 is 5.32 Å². The molecule has 15 heteroatoms. The summed E-state index contributed by atoms with van der Waals surface area (Å²) in [6, 6.07) is 1.96. The topological polar surface area (TPSA) is 181 Å². The zero-order valence-electron chi connectivity index (χ0n) is 17.8. The summed E-state index contributed by atoms with van der Waals surface area (Å²) in [4.78, 5) is 23.0. The molecular weight excluding hydrogens is 481 g/mol. The van der Waals surface area contributed by atoms with E-state index in [-0.39, 0.29) is 17.4 Å². The van der Waals surface area contributed by atoms with Gasteiger partial charge in [-0.05, 0) is 12.8 Å². The molecule has 0 spiro atoms. The van der Waals surface area contributed by atoms with Gasteiger partial charge in [0.15, 0.2) is 23.2 Å². The maximum atomic E-state index is 11.5. The molecule has 5 N–H and O–H groups in total. The van der Waals surface area contributed by atoms with E-state index in [0.717, 1.165) is 25.7 Å². The fraction of sp³-hybridized carbons (Fsp3) is 0.722. The fourth-order valence-electron chi connectivity index (χ4n) is 4.12. The van der Waals surface area contributed by atoms with E-state index in [9.17, 15) is 24.6 Å². The molecule has 1 aliphatic carbocycles. The number of halogens is 1. The van der Waals surface area contributed by atoms with Crippen LogP contribution in [0.2, 0.25) is 5.15 Å². The Morgan fingerprint density at radius 1 is 1.33 bits per heavy atom. The highest BCUT2D eigenvalue weighted by Crippen LogP contribution is 2.42. The predicted molar refractivity (Wildman–Crippen MR) is 116 cm³/mol. The minimum Gasteiger partial charge on any atom is -0.387 e. The summed E-state index contributed by atoms with van der Waals surface area (Å²) in [6.07, 6.45) is -0.744. The quantitative estimate of drug-likeness (QED) is 0.236. The van der Waals surface area contributed by atoms with Gasteiger partial charge in [-0.3, -0.25) is 4.57 Å². The molecule has 2 aromatic heterocycles. The molecule has 1 aliphatic heterocycles. The summed E-state index contributed by atoms with van der Waals surface area (Å²) in [5.74, 6) is -1.54. The Morgan fingerprint density at radius 2 is 2.06 bits per heavy atom. The predicted octanol–water partition coefficient (Wildman–Crippen LogP) is 0.620. The monoisotopic (exact) mass is 507 g/mol. The van der Waals surface area contributed by atoms with Crippen LogP contribution in [0.3, 0.4) is 0 Å². The molecule has 0 amide bonds. The Hall–Kier alpha value is -1.41. The minimum atomic E-state index is -4.61. The molecule has 3 heterocycles. The van der Waals surface area contributed by atoms with Crippen LogP contribution in [-0.4, -0.2) is 90.5 Å². The molecule has 0 bridgehead atoms. The van der Waals surface area contributed by atoms with Gasteiger partial charge < -0.3 is 39.5 Å². The van der Waals surface area contributed by atoms with Gasteiger partial charge in [0.2, 0.25) is 0 Å². The number of hydrogen-bond acceptors (Lipinski definition) is 10. The summed E-state index contributed by atoms with van der Waals surface area (Å²) in [5, 5.41) is 32.9. The van der Waals surface area contributed by atoms with Gasteiger partial charge in [0.25, 0.3) is 0 Å². The summed E-state index contributed by atoms with van der Waals surface area (Å²) in [5.41, 5.74) is 1.37. The van der Waals surface area contributed by atoms with Gasteiger partial charge in [0.1, 0.15) is 23.5 Å². The summed E-state index contributed by atoms with van der Waals surface area (Å²) in [6.45, 7) is -0.755. The van der Waals surface area contributed by atoms with Crippen molar-refractivity contribution in [3.63, 3.8) is 0 Å². The Labute approximate surface area is 194 Å². The van der Waals surface area contributed by atoms with Crippen molar-refractivity contribution >= 4 is 36.0 Å². The van der Waals surface area contributed by atoms with E-state index in [2.05, 4.69) is 20.6 Å². The molecule has 13 nitrogen and oxygen atoms in total. The molecule has 2 fully saturated rings. The van der Waals surface area contributed by atoms with E-state index < -0.39 is 44.6 Å². The van der Waals surface area contributed by atoms with Crippen LogP contribution in [0.4, 0.5) is 5.69 Å². The zero-order chi connectivity index (χ0) is 23.8. The Morgan fingerprint density at radius 3 is 2.73 bits per heavy atom. The summed E-state index contributed by atoms with van der Waals surface area (Å²) in [7, 11) is -3.34. The van der Waals surface area contributed by atoms with Crippen molar-refractivity contribution in [2.75, 3.05) is 25.6 Å². The molecule has 0 aromatic carbocycles. The lowest BCUT2D eigenvalue weighted by Gasteiger charge is -2.21. The molecule has 2 aliphatic rings. The first-order valence-corrected chi connectivity index (χ1v) is 12.6. The second-order valence-electron chi connectivity index (χ2n) is 8.20. The largest absolute Gasteiger partial charge is 0.387 e. The fourth-order valence-corrected chi connectivity index (χ4v) is 4.93. The first kappa shape index (κ1) is 24.7. The smallest absolute Gasteiger partial charge is 0.356 e. The normalized spacial score (nSPS) is 27.5. The van der Waals surface area contributed by atoms with E-state index in [1.54, 1.807) is 6.07 Å². The van der Waals surface area contributed by atoms with E-state index in [4.69, 9.17) is 25.8 Å². The van der Waals surface area contributed by atoms with Gasteiger partial charge >= 0.3 is 7.60 Å². The van der Waals surface area contributed by atoms with Crippen LogP contribution in [0.15, 0.2) is 6.07 Å². The van der Waals surface area contributed by atoms with Crippen molar-refractivity contribution in [2.24, 2.45) is 0 Å². The lowest BCUT2D eigenvalue weighted by molar-refractivity contribution is -0.0830. The summed E-state index contributed by atoms with van der Waals surface area (Å²) < 4.78 is 28.5. The molecule has 33 heavy (non-hydrogen) atoms. The number of nitrogens with zero attached hydrogens (tertiary/aromatic N) is 4. The summed E-state index contributed by atoms with van der Waals surface area (Å²) >= 11 is 6.22. The number of methoxy groups -OCH3 is 1. The van der Waals surface area contributed by atoms with Gasteiger partial charge in [-0.25, -0.2) is 4.98 Å². The lowest BCUT2D eigenvalue weighted by atomic mass is 10.1. The third-order valence-corrected chi connectivity index (χ3v) is 7.07. The van der Waals surface area contributed by atoms with Crippen molar-refractivity contribution in [3.8, 4) is 0 Å². The standard InChI is InChI=1S/C18H27ClN5O8P/c1-30-8-13(33(27,28)29)31-7-11-15(25)16(26)18(32-11)24-17-14(22-23-24)10(6-12(19)21-17)20-9-4-2-3-5-9/h6,9,11,13,15-16,18,25-26H,2-5,7-8H2,1H3,(H,20,21)(H2,27,28,29)/t11-,13-,15-,16-,18-/m1/s1. The number of aliphatic hydroxyl groups is 2. The molecule has 1 saturated heterocycles. The molecular formula is C18H27ClN5O8P. The maximum absolute atomic E-state index is 11.5. The van der Waals surface area contributed by atoms with Gasteiger partial charge in [0, 0.05) is 19.2 Å². The van der Waals surface area contributed by atoms with Crippen molar-refractivity contribution in [2.45, 2.75) is 62.1 Å². The van der Waals surface area contributed by atoms with E-state index in [1.165, 1.54) is 11.8 Å². The number of pyridine rings is 1. The van der Waals surface area contributed by atoms with Gasteiger partial charge in [0.05, 0.1) is 18.9 Å². The van der Waals surface area contributed by atoms with Gasteiger partial charge in [-0.2, -0.15) is 4.68 Å². The first-order chi connectivity index (χ1) is 15.7. The maximum Gasteiger partial charge on any atom is 0.356 e. The highest BCUT2D eigenvalue weighted by Gasteiger charge is 2.46. The van der Waals surface area contributed by atoms with Gasteiger partial charge in [-0.15, -0.1) is 5.10 Å². The highest BCUT2D eigenvalue weighted by atomic mass is 35.5.